The molecule has 2 fully saturated rings. The van der Waals surface area contributed by atoms with E-state index in [1.54, 1.807) is 0 Å². The van der Waals surface area contributed by atoms with E-state index in [2.05, 4.69) is 0 Å². The Kier molecular flexibility index (Phi) is 4.79. The molecule has 0 N–H and O–H groups in total. The van der Waals surface area contributed by atoms with Crippen LogP contribution in [0.25, 0.3) is 0 Å². The van der Waals surface area contributed by atoms with Gasteiger partial charge in [0.15, 0.2) is 6.29 Å². The van der Waals surface area contributed by atoms with Crippen LogP contribution in [-0.2, 0) is 14.3 Å². The fourth-order valence-electron chi connectivity index (χ4n) is 2.65. The lowest BCUT2D eigenvalue weighted by molar-refractivity contribution is -0.127. The number of carbonyl (C=O) groups is 1. The summed E-state index contributed by atoms with van der Waals surface area (Å²) in [5.41, 5.74) is 0. The second-order valence-electron chi connectivity index (χ2n) is 4.96. The summed E-state index contributed by atoms with van der Waals surface area (Å²) in [6, 6.07) is 0. The highest BCUT2D eigenvalue weighted by molar-refractivity contribution is 5.78. The van der Waals surface area contributed by atoms with Gasteiger partial charge in [-0.05, 0) is 12.3 Å². The van der Waals surface area contributed by atoms with Crippen molar-refractivity contribution in [2.24, 2.45) is 5.92 Å². The minimum Gasteiger partial charge on any atom is -0.350 e. The van der Waals surface area contributed by atoms with Gasteiger partial charge in [0, 0.05) is 6.42 Å². The largest absolute Gasteiger partial charge is 0.350 e. The molecule has 0 radical (unpaired) electrons. The Balaban J connectivity index is 1.59. The van der Waals surface area contributed by atoms with Crippen LogP contribution in [0, 0.1) is 5.92 Å². The molecule has 0 aromatic heterocycles. The molecule has 92 valence electrons. The predicted octanol–water partition coefficient (Wildman–Crippen LogP) is 2.68. The van der Waals surface area contributed by atoms with E-state index >= 15 is 0 Å². The summed E-state index contributed by atoms with van der Waals surface area (Å²) in [7, 11) is 0. The third kappa shape index (κ3) is 3.87. The summed E-state index contributed by atoms with van der Waals surface area (Å²) < 4.78 is 10.5. The lowest BCUT2D eigenvalue weighted by Gasteiger charge is -2.21. The minimum absolute atomic E-state index is 0.251. The number of Topliss-reactive ketones (excluding diaryl/α,β-unsaturated/α-hetero) is 1. The molecule has 0 aromatic rings. The van der Waals surface area contributed by atoms with E-state index in [4.69, 9.17) is 9.47 Å². The van der Waals surface area contributed by atoms with E-state index < -0.39 is 0 Å². The van der Waals surface area contributed by atoms with Gasteiger partial charge in [-0.25, -0.2) is 0 Å². The molecule has 0 unspecified atom stereocenters. The van der Waals surface area contributed by atoms with Crippen molar-refractivity contribution in [3.05, 3.63) is 0 Å². The highest BCUT2D eigenvalue weighted by Crippen LogP contribution is 2.27. The van der Waals surface area contributed by atoms with Crippen LogP contribution in [0.15, 0.2) is 0 Å². The molecule has 1 saturated carbocycles. The highest BCUT2D eigenvalue weighted by Gasteiger charge is 2.20. The van der Waals surface area contributed by atoms with Gasteiger partial charge in [-0.1, -0.05) is 32.1 Å². The van der Waals surface area contributed by atoms with Gasteiger partial charge in [0.05, 0.1) is 19.6 Å². The number of rotatable bonds is 5. The van der Waals surface area contributed by atoms with Crippen molar-refractivity contribution in [2.75, 3.05) is 13.2 Å². The first-order chi connectivity index (χ1) is 7.84. The van der Waals surface area contributed by atoms with Gasteiger partial charge < -0.3 is 9.47 Å². The maximum atomic E-state index is 11.7. The Morgan fingerprint density at radius 2 is 1.75 bits per heavy atom. The lowest BCUT2D eigenvalue weighted by atomic mass is 9.85. The molecule has 3 nitrogen and oxygen atoms in total. The normalized spacial score (nSPS) is 23.8. The number of ketones is 1. The quantitative estimate of drug-likeness (QED) is 0.723. The van der Waals surface area contributed by atoms with Gasteiger partial charge >= 0.3 is 0 Å². The van der Waals surface area contributed by atoms with E-state index in [9.17, 15) is 4.79 Å². The molecule has 0 bridgehead atoms. The molecule has 2 rings (SSSR count). The van der Waals surface area contributed by atoms with Crippen LogP contribution in [0.2, 0.25) is 0 Å². The molecule has 3 heteroatoms. The number of hydrogen-bond donors (Lipinski definition) is 0. The molecule has 1 saturated heterocycles. The Bertz CT molecular complexity index is 215. The van der Waals surface area contributed by atoms with E-state index in [0.29, 0.717) is 31.8 Å². The zero-order valence-electron chi connectivity index (χ0n) is 9.95. The second-order valence-corrected chi connectivity index (χ2v) is 4.96. The van der Waals surface area contributed by atoms with E-state index in [0.717, 1.165) is 12.3 Å². The molecule has 0 aromatic carbocycles. The third-order valence-electron chi connectivity index (χ3n) is 3.64. The Hall–Kier alpha value is -0.410. The summed E-state index contributed by atoms with van der Waals surface area (Å²) in [6.07, 6.45) is 8.73. The van der Waals surface area contributed by atoms with Crippen molar-refractivity contribution < 1.29 is 14.3 Å². The van der Waals surface area contributed by atoms with Crippen molar-refractivity contribution >= 4 is 5.78 Å². The van der Waals surface area contributed by atoms with Gasteiger partial charge in [0.1, 0.15) is 5.78 Å². The average molecular weight is 226 g/mol. The van der Waals surface area contributed by atoms with E-state index in [1.807, 2.05) is 0 Å². The number of ether oxygens (including phenoxy) is 2. The Labute approximate surface area is 97.5 Å². The van der Waals surface area contributed by atoms with Gasteiger partial charge in [-0.2, -0.15) is 0 Å². The number of carbonyl (C=O) groups excluding carboxylic acids is 1. The van der Waals surface area contributed by atoms with Crippen molar-refractivity contribution in [2.45, 2.75) is 57.7 Å². The van der Waals surface area contributed by atoms with Crippen LogP contribution in [-0.4, -0.2) is 25.3 Å². The Morgan fingerprint density at radius 1 is 1.06 bits per heavy atom. The van der Waals surface area contributed by atoms with Crippen molar-refractivity contribution in [1.29, 1.82) is 0 Å². The standard InChI is InChI=1S/C13H22O3/c14-12(10-13-15-8-9-16-13)7-6-11-4-2-1-3-5-11/h11,13H,1-10H2. The summed E-state index contributed by atoms with van der Waals surface area (Å²) in [6.45, 7) is 1.28. The van der Waals surface area contributed by atoms with Crippen LogP contribution < -0.4 is 0 Å². The molecular weight excluding hydrogens is 204 g/mol. The van der Waals surface area contributed by atoms with Crippen LogP contribution in [0.5, 0.6) is 0 Å². The maximum absolute atomic E-state index is 11.7. The SMILES string of the molecule is O=C(CCC1CCCCC1)CC1OCCO1. The third-order valence-corrected chi connectivity index (χ3v) is 3.64. The van der Waals surface area contributed by atoms with Crippen LogP contribution in [0.4, 0.5) is 0 Å². The minimum atomic E-state index is -0.251. The summed E-state index contributed by atoms with van der Waals surface area (Å²) in [5, 5.41) is 0. The highest BCUT2D eigenvalue weighted by atomic mass is 16.7. The number of hydrogen-bond acceptors (Lipinski definition) is 3. The van der Waals surface area contributed by atoms with E-state index in [1.165, 1.54) is 32.1 Å². The Morgan fingerprint density at radius 3 is 2.44 bits per heavy atom. The molecule has 16 heavy (non-hydrogen) atoms. The van der Waals surface area contributed by atoms with Crippen LogP contribution >= 0.6 is 0 Å². The molecule has 0 atom stereocenters. The van der Waals surface area contributed by atoms with Gasteiger partial charge in [0.25, 0.3) is 0 Å². The van der Waals surface area contributed by atoms with Crippen LogP contribution in [0.1, 0.15) is 51.4 Å². The lowest BCUT2D eigenvalue weighted by Crippen LogP contribution is -2.15. The smallest absolute Gasteiger partial charge is 0.164 e. The zero-order chi connectivity index (χ0) is 11.2. The van der Waals surface area contributed by atoms with Gasteiger partial charge in [-0.3, -0.25) is 4.79 Å². The first kappa shape index (κ1) is 12.1. The van der Waals surface area contributed by atoms with Crippen LogP contribution in [0.3, 0.4) is 0 Å². The first-order valence-electron chi connectivity index (χ1n) is 6.59. The molecular formula is C13H22O3. The van der Waals surface area contributed by atoms with Crippen molar-refractivity contribution in [1.82, 2.24) is 0 Å². The first-order valence-corrected chi connectivity index (χ1v) is 6.59. The van der Waals surface area contributed by atoms with Gasteiger partial charge in [-0.15, -0.1) is 0 Å². The summed E-state index contributed by atoms with van der Waals surface area (Å²) >= 11 is 0. The predicted molar refractivity (Wildman–Crippen MR) is 61.1 cm³/mol. The molecule has 2 aliphatic rings. The summed E-state index contributed by atoms with van der Waals surface area (Å²) in [4.78, 5) is 11.7. The fraction of sp³-hybridized carbons (Fsp3) is 0.923. The zero-order valence-corrected chi connectivity index (χ0v) is 9.95. The fourth-order valence-corrected chi connectivity index (χ4v) is 2.65. The maximum Gasteiger partial charge on any atom is 0.164 e. The molecule has 1 aliphatic carbocycles. The monoisotopic (exact) mass is 226 g/mol. The topological polar surface area (TPSA) is 35.5 Å². The molecule has 0 amide bonds. The summed E-state index contributed by atoms with van der Waals surface area (Å²) in [5.74, 6) is 1.10. The molecule has 1 aliphatic heterocycles. The van der Waals surface area contributed by atoms with Crippen molar-refractivity contribution in [3.8, 4) is 0 Å². The molecule has 1 heterocycles. The van der Waals surface area contributed by atoms with Crippen molar-refractivity contribution in [3.63, 3.8) is 0 Å². The van der Waals surface area contributed by atoms with E-state index in [-0.39, 0.29) is 6.29 Å². The molecule has 0 spiro atoms. The second kappa shape index (κ2) is 6.36. The van der Waals surface area contributed by atoms with Gasteiger partial charge in [0.2, 0.25) is 0 Å². The average Bonchev–Trinajstić information content (AvgIpc) is 2.81.